The summed E-state index contributed by atoms with van der Waals surface area (Å²) in [7, 11) is 2.22. The van der Waals surface area contributed by atoms with Gasteiger partial charge in [-0.15, -0.1) is 0 Å². The van der Waals surface area contributed by atoms with E-state index in [1.54, 1.807) is 0 Å². The van der Waals surface area contributed by atoms with Gasteiger partial charge in [0.05, 0.1) is 6.61 Å². The van der Waals surface area contributed by atoms with E-state index in [1.807, 2.05) is 0 Å². The van der Waals surface area contributed by atoms with Gasteiger partial charge in [-0.3, -0.25) is 4.90 Å². The van der Waals surface area contributed by atoms with Gasteiger partial charge in [0, 0.05) is 25.2 Å². The van der Waals surface area contributed by atoms with Crippen LogP contribution in [0.4, 0.5) is 0 Å². The molecule has 0 aromatic carbocycles. The molecule has 1 aliphatic heterocycles. The Kier molecular flexibility index (Phi) is 6.22. The van der Waals surface area contributed by atoms with Crippen LogP contribution in [0.25, 0.3) is 0 Å². The zero-order valence-electron chi connectivity index (χ0n) is 10.5. The number of hydrogen-bond donors (Lipinski definition) is 1. The summed E-state index contributed by atoms with van der Waals surface area (Å²) in [4.78, 5) is 2.45. The van der Waals surface area contributed by atoms with Gasteiger partial charge in [0.2, 0.25) is 0 Å². The van der Waals surface area contributed by atoms with Crippen molar-refractivity contribution in [3.63, 3.8) is 0 Å². The lowest BCUT2D eigenvalue weighted by Gasteiger charge is -2.28. The molecular weight excluding hydrogens is 188 g/mol. The number of nitrogens with one attached hydrogen (secondary N) is 1. The van der Waals surface area contributed by atoms with Crippen LogP contribution in [0, 0.1) is 0 Å². The highest BCUT2D eigenvalue weighted by atomic mass is 16.5. The van der Waals surface area contributed by atoms with E-state index < -0.39 is 0 Å². The van der Waals surface area contributed by atoms with Crippen molar-refractivity contribution in [2.75, 3.05) is 33.4 Å². The third kappa shape index (κ3) is 4.49. The lowest BCUT2D eigenvalue weighted by molar-refractivity contribution is 0.152. The van der Waals surface area contributed by atoms with Crippen LogP contribution in [0.3, 0.4) is 0 Å². The Balaban J connectivity index is 2.28. The quantitative estimate of drug-likeness (QED) is 0.695. The van der Waals surface area contributed by atoms with Gasteiger partial charge >= 0.3 is 0 Å². The molecule has 0 aliphatic carbocycles. The van der Waals surface area contributed by atoms with Gasteiger partial charge in [-0.2, -0.15) is 0 Å². The third-order valence-electron chi connectivity index (χ3n) is 3.17. The smallest absolute Gasteiger partial charge is 0.0622 e. The van der Waals surface area contributed by atoms with Gasteiger partial charge in [-0.05, 0) is 26.4 Å². The molecule has 1 N–H and O–H groups in total. The molecule has 0 radical (unpaired) electrons. The van der Waals surface area contributed by atoms with Gasteiger partial charge in [-0.25, -0.2) is 0 Å². The zero-order valence-corrected chi connectivity index (χ0v) is 10.5. The van der Waals surface area contributed by atoms with E-state index in [-0.39, 0.29) is 0 Å². The average molecular weight is 214 g/mol. The van der Waals surface area contributed by atoms with Crippen molar-refractivity contribution in [3.05, 3.63) is 0 Å². The summed E-state index contributed by atoms with van der Waals surface area (Å²) in [6.45, 7) is 8.51. The van der Waals surface area contributed by atoms with Crippen LogP contribution < -0.4 is 5.32 Å². The molecule has 3 nitrogen and oxygen atoms in total. The van der Waals surface area contributed by atoms with Crippen LogP contribution in [0.2, 0.25) is 0 Å². The first-order valence-corrected chi connectivity index (χ1v) is 6.29. The highest BCUT2D eigenvalue weighted by Gasteiger charge is 2.21. The average Bonchev–Trinajstić information content (AvgIpc) is 2.71. The predicted octanol–water partition coefficient (Wildman–Crippen LogP) is 1.49. The van der Waals surface area contributed by atoms with Crippen LogP contribution in [0.1, 0.15) is 33.1 Å². The van der Waals surface area contributed by atoms with Crippen molar-refractivity contribution in [2.24, 2.45) is 0 Å². The van der Waals surface area contributed by atoms with E-state index >= 15 is 0 Å². The van der Waals surface area contributed by atoms with Gasteiger partial charge in [0.15, 0.2) is 0 Å². The summed E-state index contributed by atoms with van der Waals surface area (Å²) >= 11 is 0. The van der Waals surface area contributed by atoms with Crippen LogP contribution >= 0.6 is 0 Å². The summed E-state index contributed by atoms with van der Waals surface area (Å²) < 4.78 is 5.42. The molecule has 2 atom stereocenters. The molecule has 0 saturated carbocycles. The summed E-state index contributed by atoms with van der Waals surface area (Å²) in [5.41, 5.74) is 0. The Morgan fingerprint density at radius 1 is 1.47 bits per heavy atom. The molecule has 1 rings (SSSR count). The fraction of sp³-hybridized carbons (Fsp3) is 1.00. The number of rotatable bonds is 7. The molecule has 0 spiro atoms. The molecule has 0 aromatic rings. The minimum Gasteiger partial charge on any atom is -0.380 e. The van der Waals surface area contributed by atoms with Crippen molar-refractivity contribution in [1.82, 2.24) is 10.2 Å². The van der Waals surface area contributed by atoms with E-state index in [1.165, 1.54) is 19.3 Å². The molecule has 0 bridgehead atoms. The first kappa shape index (κ1) is 12.9. The Bertz CT molecular complexity index is 152. The Morgan fingerprint density at radius 3 is 2.80 bits per heavy atom. The second-order valence-corrected chi connectivity index (χ2v) is 4.50. The summed E-state index contributed by atoms with van der Waals surface area (Å²) in [6.07, 6.45) is 3.72. The monoisotopic (exact) mass is 214 g/mol. The Morgan fingerprint density at radius 2 is 2.27 bits per heavy atom. The fourth-order valence-electron chi connectivity index (χ4n) is 2.26. The van der Waals surface area contributed by atoms with Crippen LogP contribution in [0.5, 0.6) is 0 Å². The Labute approximate surface area is 94.2 Å². The number of likely N-dealkylation sites (N-methyl/N-ethyl adjacent to an activating group) is 2. The predicted molar refractivity (Wildman–Crippen MR) is 64.2 cm³/mol. The second kappa shape index (κ2) is 7.20. The van der Waals surface area contributed by atoms with Crippen LogP contribution in [0.15, 0.2) is 0 Å². The van der Waals surface area contributed by atoms with Crippen molar-refractivity contribution in [2.45, 2.75) is 45.2 Å². The van der Waals surface area contributed by atoms with Gasteiger partial charge in [0.1, 0.15) is 0 Å². The van der Waals surface area contributed by atoms with E-state index in [0.717, 1.165) is 26.3 Å². The second-order valence-electron chi connectivity index (χ2n) is 4.50. The summed E-state index contributed by atoms with van der Waals surface area (Å²) in [5.74, 6) is 0. The minimum atomic E-state index is 0.642. The maximum Gasteiger partial charge on any atom is 0.0622 e. The number of nitrogens with zero attached hydrogens (tertiary/aromatic N) is 1. The van der Waals surface area contributed by atoms with Crippen LogP contribution in [-0.4, -0.2) is 50.3 Å². The fourth-order valence-corrected chi connectivity index (χ4v) is 2.26. The molecule has 1 heterocycles. The first-order chi connectivity index (χ1) is 7.27. The number of hydrogen-bond acceptors (Lipinski definition) is 3. The summed E-state index contributed by atoms with van der Waals surface area (Å²) in [5, 5.41) is 3.56. The SMILES string of the molecule is CCCC(CN(C)C1CCOC1)NCC. The molecule has 1 fully saturated rings. The maximum absolute atomic E-state index is 5.42. The molecule has 3 heteroatoms. The van der Waals surface area contributed by atoms with Crippen molar-refractivity contribution in [3.8, 4) is 0 Å². The van der Waals surface area contributed by atoms with E-state index in [9.17, 15) is 0 Å². The molecule has 2 unspecified atom stereocenters. The molecule has 0 aromatic heterocycles. The van der Waals surface area contributed by atoms with E-state index in [4.69, 9.17) is 4.74 Å². The lowest BCUT2D eigenvalue weighted by atomic mass is 10.1. The minimum absolute atomic E-state index is 0.642. The highest BCUT2D eigenvalue weighted by molar-refractivity contribution is 4.77. The normalized spacial score (nSPS) is 23.6. The van der Waals surface area contributed by atoms with Crippen molar-refractivity contribution >= 4 is 0 Å². The van der Waals surface area contributed by atoms with Gasteiger partial charge < -0.3 is 10.1 Å². The van der Waals surface area contributed by atoms with E-state index in [2.05, 4.69) is 31.1 Å². The topological polar surface area (TPSA) is 24.5 Å². The lowest BCUT2D eigenvalue weighted by Crippen LogP contribution is -2.43. The third-order valence-corrected chi connectivity index (χ3v) is 3.17. The maximum atomic E-state index is 5.42. The first-order valence-electron chi connectivity index (χ1n) is 6.29. The zero-order chi connectivity index (χ0) is 11.1. The molecule has 1 aliphatic rings. The molecule has 0 amide bonds. The Hall–Kier alpha value is -0.120. The highest BCUT2D eigenvalue weighted by Crippen LogP contribution is 2.11. The van der Waals surface area contributed by atoms with Crippen molar-refractivity contribution < 1.29 is 4.74 Å². The molecule has 90 valence electrons. The van der Waals surface area contributed by atoms with Crippen molar-refractivity contribution in [1.29, 1.82) is 0 Å². The molecule has 15 heavy (non-hydrogen) atoms. The largest absolute Gasteiger partial charge is 0.380 e. The molecule has 1 saturated heterocycles. The summed E-state index contributed by atoms with van der Waals surface area (Å²) in [6, 6.07) is 1.29. The van der Waals surface area contributed by atoms with E-state index in [0.29, 0.717) is 12.1 Å². The van der Waals surface area contributed by atoms with Gasteiger partial charge in [0.25, 0.3) is 0 Å². The van der Waals surface area contributed by atoms with Crippen LogP contribution in [-0.2, 0) is 4.74 Å². The molecular formula is C12H26N2O. The standard InChI is InChI=1S/C12H26N2O/c1-4-6-11(13-5-2)9-14(3)12-7-8-15-10-12/h11-13H,4-10H2,1-3H3. The van der Waals surface area contributed by atoms with Gasteiger partial charge in [-0.1, -0.05) is 20.3 Å². The number of ether oxygens (including phenoxy) is 1.